The van der Waals surface area contributed by atoms with Gasteiger partial charge in [-0.3, -0.25) is 0 Å². The minimum atomic E-state index is -0.438. The third-order valence-electron chi connectivity index (χ3n) is 3.86. The van der Waals surface area contributed by atoms with Crippen LogP contribution in [-0.4, -0.2) is 49.4 Å². The summed E-state index contributed by atoms with van der Waals surface area (Å²) in [5.41, 5.74) is 0.761. The third-order valence-corrected chi connectivity index (χ3v) is 3.86. The molecule has 0 spiro atoms. The maximum Gasteiger partial charge on any atom is 0.410 e. The quantitative estimate of drug-likeness (QED) is 0.906. The number of rotatable bonds is 5. The molecule has 0 saturated carbocycles. The normalized spacial score (nSPS) is 18.1. The van der Waals surface area contributed by atoms with Crippen molar-refractivity contribution in [1.29, 1.82) is 0 Å². The van der Waals surface area contributed by atoms with Crippen LogP contribution in [0.1, 0.15) is 32.8 Å². The molecule has 0 aromatic heterocycles. The van der Waals surface area contributed by atoms with Crippen molar-refractivity contribution < 1.29 is 14.3 Å². The second kappa shape index (κ2) is 7.68. The Balaban J connectivity index is 1.75. The number of carbonyl (C=O) groups is 1. The molecule has 0 unspecified atom stereocenters. The van der Waals surface area contributed by atoms with Crippen LogP contribution in [0.15, 0.2) is 24.3 Å². The summed E-state index contributed by atoms with van der Waals surface area (Å²) in [4.78, 5) is 13.8. The van der Waals surface area contributed by atoms with Crippen LogP contribution in [0.3, 0.4) is 0 Å². The molecule has 5 heteroatoms. The van der Waals surface area contributed by atoms with Gasteiger partial charge in [-0.15, -0.1) is 0 Å². The molecule has 23 heavy (non-hydrogen) atoms. The first-order valence-electron chi connectivity index (χ1n) is 8.22. The molecule has 1 fully saturated rings. The lowest BCUT2D eigenvalue weighted by molar-refractivity contribution is 0.0291. The minimum Gasteiger partial charge on any atom is -0.496 e. The van der Waals surface area contributed by atoms with Crippen LogP contribution < -0.4 is 10.1 Å². The van der Waals surface area contributed by atoms with Crippen molar-refractivity contribution in [2.24, 2.45) is 0 Å². The van der Waals surface area contributed by atoms with Gasteiger partial charge in [-0.25, -0.2) is 4.79 Å². The summed E-state index contributed by atoms with van der Waals surface area (Å²) in [5, 5.41) is 3.52. The minimum absolute atomic E-state index is 0.216. The van der Waals surface area contributed by atoms with Crippen molar-refractivity contribution in [3.63, 3.8) is 0 Å². The summed E-state index contributed by atoms with van der Waals surface area (Å²) in [6, 6.07) is 8.40. The van der Waals surface area contributed by atoms with Gasteiger partial charge in [0.15, 0.2) is 0 Å². The van der Waals surface area contributed by atoms with Gasteiger partial charge in [-0.1, -0.05) is 18.2 Å². The van der Waals surface area contributed by atoms with E-state index in [0.29, 0.717) is 12.6 Å². The van der Waals surface area contributed by atoms with E-state index in [2.05, 4.69) is 11.4 Å². The number of ether oxygens (including phenoxy) is 2. The summed E-state index contributed by atoms with van der Waals surface area (Å²) < 4.78 is 10.8. The average molecular weight is 320 g/mol. The number of likely N-dealkylation sites (tertiary alicyclic amines) is 1. The standard InChI is InChI=1S/C18H28N2O3/c1-18(2,3)23-17(21)20-12-10-15(13-20)19-11-9-14-7-5-6-8-16(14)22-4/h5-8,15,19H,9-13H2,1-4H3/t15-/m0/s1. The summed E-state index contributed by atoms with van der Waals surface area (Å²) in [6.45, 7) is 8.01. The van der Waals surface area contributed by atoms with Gasteiger partial charge in [-0.05, 0) is 51.8 Å². The lowest BCUT2D eigenvalue weighted by atomic mass is 10.1. The fourth-order valence-corrected chi connectivity index (χ4v) is 2.74. The van der Waals surface area contributed by atoms with Gasteiger partial charge >= 0.3 is 6.09 Å². The molecule has 0 radical (unpaired) electrons. The van der Waals surface area contributed by atoms with Crippen molar-refractivity contribution in [3.05, 3.63) is 29.8 Å². The maximum absolute atomic E-state index is 12.0. The second-order valence-corrected chi connectivity index (χ2v) is 6.93. The predicted molar refractivity (Wildman–Crippen MR) is 90.9 cm³/mol. The van der Waals surface area contributed by atoms with E-state index in [1.54, 1.807) is 12.0 Å². The van der Waals surface area contributed by atoms with Crippen LogP contribution in [0.4, 0.5) is 4.79 Å². The number of hydrogen-bond acceptors (Lipinski definition) is 4. The molecule has 1 atom stereocenters. The zero-order chi connectivity index (χ0) is 16.9. The highest BCUT2D eigenvalue weighted by Crippen LogP contribution is 2.18. The Hall–Kier alpha value is -1.75. The van der Waals surface area contributed by atoms with Gasteiger partial charge < -0.3 is 19.7 Å². The highest BCUT2D eigenvalue weighted by atomic mass is 16.6. The molecule has 1 aliphatic heterocycles. The number of carbonyl (C=O) groups excluding carboxylic acids is 1. The van der Waals surface area contributed by atoms with E-state index in [0.717, 1.165) is 31.7 Å². The van der Waals surface area contributed by atoms with Gasteiger partial charge in [0.1, 0.15) is 11.4 Å². The zero-order valence-electron chi connectivity index (χ0n) is 14.6. The zero-order valence-corrected chi connectivity index (χ0v) is 14.6. The number of nitrogens with zero attached hydrogens (tertiary/aromatic N) is 1. The predicted octanol–water partition coefficient (Wildman–Crippen LogP) is 2.84. The molecule has 1 amide bonds. The number of methoxy groups -OCH3 is 1. The number of amides is 1. The molecule has 1 saturated heterocycles. The Labute approximate surface area is 139 Å². The van der Waals surface area contributed by atoms with Gasteiger partial charge in [0.25, 0.3) is 0 Å². The highest BCUT2D eigenvalue weighted by molar-refractivity contribution is 5.68. The van der Waals surface area contributed by atoms with Crippen molar-refractivity contribution >= 4 is 6.09 Å². The summed E-state index contributed by atoms with van der Waals surface area (Å²) >= 11 is 0. The Morgan fingerprint density at radius 1 is 1.35 bits per heavy atom. The van der Waals surface area contributed by atoms with Gasteiger partial charge in [-0.2, -0.15) is 0 Å². The van der Waals surface area contributed by atoms with Crippen molar-refractivity contribution in [2.45, 2.75) is 45.3 Å². The fourth-order valence-electron chi connectivity index (χ4n) is 2.74. The summed E-state index contributed by atoms with van der Waals surface area (Å²) in [7, 11) is 1.70. The number of hydrogen-bond donors (Lipinski definition) is 1. The molecule has 128 valence electrons. The van der Waals surface area contributed by atoms with Crippen LogP contribution >= 0.6 is 0 Å². The maximum atomic E-state index is 12.0. The Morgan fingerprint density at radius 2 is 2.09 bits per heavy atom. The SMILES string of the molecule is COc1ccccc1CCN[C@H]1CCN(C(=O)OC(C)(C)C)C1. The lowest BCUT2D eigenvalue weighted by Crippen LogP contribution is -2.38. The van der Waals surface area contributed by atoms with Gasteiger partial charge in [0.05, 0.1) is 7.11 Å². The molecular formula is C18H28N2O3. The number of para-hydroxylation sites is 1. The molecule has 1 aromatic rings. The monoisotopic (exact) mass is 320 g/mol. The van der Waals surface area contributed by atoms with Gasteiger partial charge in [0.2, 0.25) is 0 Å². The molecule has 1 N–H and O–H groups in total. The summed E-state index contributed by atoms with van der Waals surface area (Å²) in [6.07, 6.45) is 1.66. The molecular weight excluding hydrogens is 292 g/mol. The van der Waals surface area contributed by atoms with E-state index < -0.39 is 5.60 Å². The lowest BCUT2D eigenvalue weighted by Gasteiger charge is -2.24. The van der Waals surface area contributed by atoms with Crippen LogP contribution in [0.2, 0.25) is 0 Å². The van der Waals surface area contributed by atoms with E-state index in [1.807, 2.05) is 39.0 Å². The Kier molecular flexibility index (Phi) is 5.88. The van der Waals surface area contributed by atoms with E-state index in [-0.39, 0.29) is 6.09 Å². The fraction of sp³-hybridized carbons (Fsp3) is 0.611. The molecule has 0 bridgehead atoms. The van der Waals surface area contributed by atoms with Crippen molar-refractivity contribution in [1.82, 2.24) is 10.2 Å². The molecule has 1 aromatic carbocycles. The largest absolute Gasteiger partial charge is 0.496 e. The topological polar surface area (TPSA) is 50.8 Å². The second-order valence-electron chi connectivity index (χ2n) is 6.93. The molecule has 0 aliphatic carbocycles. The number of benzene rings is 1. The molecule has 1 aliphatic rings. The van der Waals surface area contributed by atoms with E-state index in [9.17, 15) is 4.79 Å². The van der Waals surface area contributed by atoms with Crippen LogP contribution in [0.5, 0.6) is 5.75 Å². The van der Waals surface area contributed by atoms with Crippen molar-refractivity contribution in [2.75, 3.05) is 26.7 Å². The average Bonchev–Trinajstić information content (AvgIpc) is 2.95. The molecule has 5 nitrogen and oxygen atoms in total. The van der Waals surface area contributed by atoms with Crippen molar-refractivity contribution in [3.8, 4) is 5.75 Å². The number of nitrogens with one attached hydrogen (secondary N) is 1. The molecule has 1 heterocycles. The third kappa shape index (κ3) is 5.43. The first kappa shape index (κ1) is 17.6. The van der Waals surface area contributed by atoms with E-state index in [4.69, 9.17) is 9.47 Å². The smallest absolute Gasteiger partial charge is 0.410 e. The Bertz CT molecular complexity index is 525. The van der Waals surface area contributed by atoms with Gasteiger partial charge in [0, 0.05) is 19.1 Å². The summed E-state index contributed by atoms with van der Waals surface area (Å²) in [5.74, 6) is 0.927. The Morgan fingerprint density at radius 3 is 2.78 bits per heavy atom. The highest BCUT2D eigenvalue weighted by Gasteiger charge is 2.29. The first-order valence-corrected chi connectivity index (χ1v) is 8.22. The van der Waals surface area contributed by atoms with E-state index >= 15 is 0 Å². The van der Waals surface area contributed by atoms with Crippen LogP contribution in [0.25, 0.3) is 0 Å². The molecule has 2 rings (SSSR count). The van der Waals surface area contributed by atoms with E-state index in [1.165, 1.54) is 5.56 Å². The first-order chi connectivity index (χ1) is 10.9. The van der Waals surface area contributed by atoms with Crippen LogP contribution in [0, 0.1) is 0 Å². The van der Waals surface area contributed by atoms with Crippen LogP contribution in [-0.2, 0) is 11.2 Å².